The fraction of sp³-hybridized carbons (Fsp3) is 0.381. The number of nitrogens with one attached hydrogen (secondary N) is 1. The van der Waals surface area contributed by atoms with Gasteiger partial charge in [-0.15, -0.1) is 0 Å². The molecule has 30 heavy (non-hydrogen) atoms. The van der Waals surface area contributed by atoms with Gasteiger partial charge in [-0.05, 0) is 36.2 Å². The van der Waals surface area contributed by atoms with Crippen LogP contribution in [-0.2, 0) is 14.8 Å². The fourth-order valence-corrected chi connectivity index (χ4v) is 3.86. The van der Waals surface area contributed by atoms with Crippen LogP contribution in [0.5, 0.6) is 17.2 Å². The van der Waals surface area contributed by atoms with Gasteiger partial charge in [0.2, 0.25) is 15.9 Å². The fourth-order valence-electron chi connectivity index (χ4n) is 3.01. The van der Waals surface area contributed by atoms with E-state index in [4.69, 9.17) is 14.2 Å². The molecule has 0 radical (unpaired) electrons. The predicted octanol–water partition coefficient (Wildman–Crippen LogP) is 2.75. The lowest BCUT2D eigenvalue weighted by atomic mass is 10.0. The average Bonchev–Trinajstić information content (AvgIpc) is 2.74. The van der Waals surface area contributed by atoms with Crippen molar-refractivity contribution in [3.63, 3.8) is 0 Å². The van der Waals surface area contributed by atoms with Crippen LogP contribution in [0.3, 0.4) is 0 Å². The molecule has 2 rings (SSSR count). The summed E-state index contributed by atoms with van der Waals surface area (Å²) >= 11 is 0. The topological polar surface area (TPSA) is 94.2 Å². The number of rotatable bonds is 10. The van der Waals surface area contributed by atoms with Crippen molar-refractivity contribution >= 4 is 21.6 Å². The zero-order chi connectivity index (χ0) is 22.3. The average molecular weight is 437 g/mol. The first-order valence-corrected chi connectivity index (χ1v) is 11.2. The first-order chi connectivity index (χ1) is 14.2. The summed E-state index contributed by atoms with van der Waals surface area (Å²) in [6.07, 6.45) is 1.70. The lowest BCUT2D eigenvalue weighted by molar-refractivity contribution is -0.120. The van der Waals surface area contributed by atoms with Gasteiger partial charge in [0.05, 0.1) is 39.3 Å². The maximum atomic E-state index is 12.7. The molecule has 0 saturated carbocycles. The van der Waals surface area contributed by atoms with E-state index in [0.29, 0.717) is 23.6 Å². The molecule has 0 spiro atoms. The van der Waals surface area contributed by atoms with E-state index in [1.54, 1.807) is 19.2 Å². The highest BCUT2D eigenvalue weighted by Gasteiger charge is 2.23. The highest BCUT2D eigenvalue weighted by atomic mass is 32.2. The summed E-state index contributed by atoms with van der Waals surface area (Å²) in [6, 6.07) is 11.8. The molecule has 0 aliphatic carbocycles. The molecule has 1 amide bonds. The van der Waals surface area contributed by atoms with Crippen LogP contribution >= 0.6 is 0 Å². The van der Waals surface area contributed by atoms with Gasteiger partial charge in [-0.3, -0.25) is 9.10 Å². The Morgan fingerprint density at radius 2 is 1.63 bits per heavy atom. The van der Waals surface area contributed by atoms with Gasteiger partial charge in [0.1, 0.15) is 12.3 Å². The van der Waals surface area contributed by atoms with Gasteiger partial charge in [0.25, 0.3) is 0 Å². The van der Waals surface area contributed by atoms with Crippen molar-refractivity contribution < 1.29 is 27.4 Å². The standard InChI is InChI=1S/C21H28N2O6S/c1-6-18(15-7-10-17(27-2)11-8-15)22-21(24)14-23(30(5,25)26)16-9-12-19(28-3)20(13-16)29-4/h7-13,18H,6,14H2,1-5H3,(H,22,24). The number of carbonyl (C=O) groups excluding carboxylic acids is 1. The van der Waals surface area contributed by atoms with Gasteiger partial charge in [0, 0.05) is 6.07 Å². The number of nitrogens with zero attached hydrogens (tertiary/aromatic N) is 1. The third kappa shape index (κ3) is 5.79. The van der Waals surface area contributed by atoms with Gasteiger partial charge in [-0.2, -0.15) is 0 Å². The summed E-state index contributed by atoms with van der Waals surface area (Å²) < 4.78 is 41.4. The van der Waals surface area contributed by atoms with Crippen LogP contribution in [0.15, 0.2) is 42.5 Å². The molecule has 0 heterocycles. The summed E-state index contributed by atoms with van der Waals surface area (Å²) in [4.78, 5) is 12.7. The van der Waals surface area contributed by atoms with Gasteiger partial charge in [-0.25, -0.2) is 8.42 Å². The number of carbonyl (C=O) groups is 1. The Morgan fingerprint density at radius 3 is 2.13 bits per heavy atom. The Labute approximate surface area is 177 Å². The highest BCUT2D eigenvalue weighted by Crippen LogP contribution is 2.32. The monoisotopic (exact) mass is 436 g/mol. The molecule has 9 heteroatoms. The summed E-state index contributed by atoms with van der Waals surface area (Å²) in [5.41, 5.74) is 1.21. The molecule has 0 aromatic heterocycles. The van der Waals surface area contributed by atoms with Crippen LogP contribution in [0.2, 0.25) is 0 Å². The molecule has 0 aliphatic heterocycles. The van der Waals surface area contributed by atoms with Gasteiger partial charge in [0.15, 0.2) is 11.5 Å². The molecule has 164 valence electrons. The summed E-state index contributed by atoms with van der Waals surface area (Å²) in [5, 5.41) is 2.90. The number of ether oxygens (including phenoxy) is 3. The maximum Gasteiger partial charge on any atom is 0.241 e. The van der Waals surface area contributed by atoms with Crippen LogP contribution in [0, 0.1) is 0 Å². The third-order valence-corrected chi connectivity index (χ3v) is 5.74. The number of anilines is 1. The van der Waals surface area contributed by atoms with E-state index >= 15 is 0 Å². The number of methoxy groups -OCH3 is 3. The van der Waals surface area contributed by atoms with Crippen LogP contribution in [0.4, 0.5) is 5.69 Å². The molecule has 2 aromatic rings. The molecule has 2 aromatic carbocycles. The number of sulfonamides is 1. The number of amides is 1. The van der Waals surface area contributed by atoms with Gasteiger partial charge < -0.3 is 19.5 Å². The van der Waals surface area contributed by atoms with Crippen molar-refractivity contribution in [3.8, 4) is 17.2 Å². The molecule has 1 N–H and O–H groups in total. The van der Waals surface area contributed by atoms with Gasteiger partial charge in [-0.1, -0.05) is 19.1 Å². The SMILES string of the molecule is CCC(NC(=O)CN(c1ccc(OC)c(OC)c1)S(C)(=O)=O)c1ccc(OC)cc1. The van der Waals surface area contributed by atoms with E-state index < -0.39 is 15.9 Å². The molecule has 8 nitrogen and oxygen atoms in total. The second-order valence-electron chi connectivity index (χ2n) is 6.61. The van der Waals surface area contributed by atoms with Crippen LogP contribution < -0.4 is 23.8 Å². The highest BCUT2D eigenvalue weighted by molar-refractivity contribution is 7.92. The molecule has 0 bridgehead atoms. The van der Waals surface area contributed by atoms with E-state index in [1.165, 1.54) is 20.3 Å². The smallest absolute Gasteiger partial charge is 0.241 e. The van der Waals surface area contributed by atoms with E-state index in [-0.39, 0.29) is 12.6 Å². The molecular weight excluding hydrogens is 408 g/mol. The zero-order valence-corrected chi connectivity index (χ0v) is 18.7. The quantitative estimate of drug-likeness (QED) is 0.616. The summed E-state index contributed by atoms with van der Waals surface area (Å²) in [6.45, 7) is 1.58. The Kier molecular flexibility index (Phi) is 7.93. The zero-order valence-electron chi connectivity index (χ0n) is 17.8. The van der Waals surface area contributed by atoms with E-state index in [0.717, 1.165) is 21.9 Å². The first kappa shape index (κ1) is 23.3. The van der Waals surface area contributed by atoms with Crippen molar-refractivity contribution in [2.45, 2.75) is 19.4 Å². The molecule has 1 atom stereocenters. The predicted molar refractivity (Wildman–Crippen MR) is 116 cm³/mol. The number of benzene rings is 2. The summed E-state index contributed by atoms with van der Waals surface area (Å²) in [7, 11) is 0.819. The lowest BCUT2D eigenvalue weighted by Crippen LogP contribution is -2.41. The largest absolute Gasteiger partial charge is 0.497 e. The van der Waals surface area contributed by atoms with Crippen LogP contribution in [-0.4, -0.2) is 48.5 Å². The Balaban J connectivity index is 2.22. The number of hydrogen-bond donors (Lipinski definition) is 1. The van der Waals surface area contributed by atoms with Crippen molar-refractivity contribution in [2.24, 2.45) is 0 Å². The molecule has 0 aliphatic rings. The van der Waals surface area contributed by atoms with Crippen molar-refractivity contribution in [1.29, 1.82) is 0 Å². The lowest BCUT2D eigenvalue weighted by Gasteiger charge is -2.25. The van der Waals surface area contributed by atoms with Crippen molar-refractivity contribution in [2.75, 3.05) is 38.4 Å². The van der Waals surface area contributed by atoms with Crippen molar-refractivity contribution in [3.05, 3.63) is 48.0 Å². The minimum absolute atomic E-state index is 0.254. The Hall–Kier alpha value is -2.94. The molecule has 1 unspecified atom stereocenters. The van der Waals surface area contributed by atoms with Gasteiger partial charge >= 0.3 is 0 Å². The van der Waals surface area contributed by atoms with Crippen LogP contribution in [0.25, 0.3) is 0 Å². The van der Waals surface area contributed by atoms with Crippen LogP contribution in [0.1, 0.15) is 24.9 Å². The summed E-state index contributed by atoms with van der Waals surface area (Å²) in [5.74, 6) is 1.13. The van der Waals surface area contributed by atoms with E-state index in [2.05, 4.69) is 5.32 Å². The first-order valence-electron chi connectivity index (χ1n) is 9.36. The second kappa shape index (κ2) is 10.2. The van der Waals surface area contributed by atoms with Crippen molar-refractivity contribution in [1.82, 2.24) is 5.32 Å². The minimum Gasteiger partial charge on any atom is -0.497 e. The molecule has 0 saturated heterocycles. The third-order valence-electron chi connectivity index (χ3n) is 4.60. The Bertz CT molecular complexity index is 960. The number of hydrogen-bond acceptors (Lipinski definition) is 6. The second-order valence-corrected chi connectivity index (χ2v) is 8.52. The Morgan fingerprint density at radius 1 is 1.00 bits per heavy atom. The minimum atomic E-state index is -3.71. The van der Waals surface area contributed by atoms with E-state index in [1.807, 2.05) is 31.2 Å². The molecule has 0 fully saturated rings. The molecular formula is C21H28N2O6S. The normalized spacial score (nSPS) is 12.0. The van der Waals surface area contributed by atoms with E-state index in [9.17, 15) is 13.2 Å². The maximum absolute atomic E-state index is 12.7.